The van der Waals surface area contributed by atoms with Gasteiger partial charge in [0.1, 0.15) is 6.61 Å². The molecule has 0 unspecified atom stereocenters. The van der Waals surface area contributed by atoms with Gasteiger partial charge in [0.25, 0.3) is 0 Å². The zero-order valence-corrected chi connectivity index (χ0v) is 13.1. The molecule has 0 atom stereocenters. The number of aromatic carboxylic acids is 1. The Hall–Kier alpha value is -3.13. The van der Waals surface area contributed by atoms with Crippen molar-refractivity contribution in [2.24, 2.45) is 0 Å². The molecule has 0 radical (unpaired) electrons. The molecule has 8 heteroatoms. The van der Waals surface area contributed by atoms with Crippen molar-refractivity contribution in [1.82, 2.24) is 4.98 Å². The Labute approximate surface area is 140 Å². The van der Waals surface area contributed by atoms with Crippen molar-refractivity contribution < 1.29 is 23.8 Å². The van der Waals surface area contributed by atoms with E-state index in [1.165, 1.54) is 11.3 Å². The van der Waals surface area contributed by atoms with Crippen molar-refractivity contribution in [3.63, 3.8) is 0 Å². The summed E-state index contributed by atoms with van der Waals surface area (Å²) in [7, 11) is 0. The number of carboxylic acid groups (broad SMARTS) is 1. The van der Waals surface area contributed by atoms with E-state index in [-0.39, 0.29) is 24.1 Å². The quantitative estimate of drug-likeness (QED) is 0.729. The highest BCUT2D eigenvalue weighted by atomic mass is 32.1. The van der Waals surface area contributed by atoms with Gasteiger partial charge in [-0.15, -0.1) is 11.3 Å². The Balaban J connectivity index is 1.71. The number of amides is 1. The Morgan fingerprint density at radius 1 is 1.21 bits per heavy atom. The maximum atomic E-state index is 11.8. The van der Waals surface area contributed by atoms with Gasteiger partial charge in [0.2, 0.25) is 17.5 Å². The van der Waals surface area contributed by atoms with Crippen LogP contribution in [-0.2, 0) is 11.3 Å². The second kappa shape index (κ2) is 6.97. The number of nitrogens with zero attached hydrogens (tertiary/aromatic N) is 1. The van der Waals surface area contributed by atoms with Crippen molar-refractivity contribution in [3.05, 3.63) is 59.1 Å². The van der Waals surface area contributed by atoms with E-state index in [0.29, 0.717) is 4.88 Å². The predicted molar refractivity (Wildman–Crippen MR) is 87.0 cm³/mol. The molecule has 0 fully saturated rings. The lowest BCUT2D eigenvalue weighted by Crippen LogP contribution is -2.15. The molecule has 24 heavy (non-hydrogen) atoms. The molecule has 3 rings (SSSR count). The number of carboxylic acids is 1. The number of hydrogen-bond donors (Lipinski definition) is 2. The number of hydrogen-bond acceptors (Lipinski definition) is 6. The molecule has 0 aliphatic rings. The monoisotopic (exact) mass is 344 g/mol. The molecule has 0 aliphatic heterocycles. The Kier molecular flexibility index (Phi) is 4.57. The van der Waals surface area contributed by atoms with Crippen molar-refractivity contribution in [2.45, 2.75) is 6.61 Å². The third kappa shape index (κ3) is 3.61. The first-order valence-corrected chi connectivity index (χ1v) is 7.77. The smallest absolute Gasteiger partial charge is 0.414 e. The van der Waals surface area contributed by atoms with Gasteiger partial charge in [-0.1, -0.05) is 36.4 Å². The Bertz CT molecular complexity index is 843. The molecule has 0 saturated carbocycles. The van der Waals surface area contributed by atoms with Gasteiger partial charge >= 0.3 is 12.1 Å². The number of ether oxygens (including phenoxy) is 1. The fraction of sp³-hybridized carbons (Fsp3) is 0.0625. The van der Waals surface area contributed by atoms with E-state index < -0.39 is 12.1 Å². The molecule has 2 N–H and O–H groups in total. The van der Waals surface area contributed by atoms with Gasteiger partial charge in [0.15, 0.2) is 0 Å². The fourth-order valence-electron chi connectivity index (χ4n) is 1.91. The number of benzene rings is 1. The summed E-state index contributed by atoms with van der Waals surface area (Å²) >= 11 is 1.34. The third-order valence-corrected chi connectivity index (χ3v) is 3.85. The maximum absolute atomic E-state index is 11.8. The molecule has 2 heterocycles. The molecule has 1 amide bonds. The van der Waals surface area contributed by atoms with Crippen molar-refractivity contribution in [1.29, 1.82) is 0 Å². The van der Waals surface area contributed by atoms with E-state index in [0.717, 1.165) is 5.56 Å². The zero-order valence-electron chi connectivity index (χ0n) is 12.3. The van der Waals surface area contributed by atoms with Crippen LogP contribution in [-0.4, -0.2) is 22.2 Å². The molecular formula is C16H12N2O5S. The lowest BCUT2D eigenvalue weighted by molar-refractivity contribution is 0.0692. The average molecular weight is 344 g/mol. The standard InChI is InChI=1S/C16H12N2O5S/c19-15(20)12-14(23-13(17-12)11-7-4-8-24-11)18-16(21)22-9-10-5-2-1-3-6-10/h1-8H,9H2,(H,18,21)(H,19,20). The van der Waals surface area contributed by atoms with Crippen LogP contribution >= 0.6 is 11.3 Å². The summed E-state index contributed by atoms with van der Waals surface area (Å²) in [6.45, 7) is 0.0565. The maximum Gasteiger partial charge on any atom is 0.414 e. The van der Waals surface area contributed by atoms with Crippen molar-refractivity contribution >= 4 is 29.3 Å². The predicted octanol–water partition coefficient (Wildman–Crippen LogP) is 3.85. The van der Waals surface area contributed by atoms with Crippen LogP contribution in [0.5, 0.6) is 0 Å². The highest BCUT2D eigenvalue weighted by Gasteiger charge is 2.23. The molecule has 122 valence electrons. The summed E-state index contributed by atoms with van der Waals surface area (Å²) in [4.78, 5) is 27.7. The van der Waals surface area contributed by atoms with Crippen LogP contribution in [0, 0.1) is 0 Å². The van der Waals surface area contributed by atoms with Crippen LogP contribution in [0.3, 0.4) is 0 Å². The number of oxazole rings is 1. The Morgan fingerprint density at radius 3 is 2.67 bits per heavy atom. The van der Waals surface area contributed by atoms with E-state index in [1.54, 1.807) is 29.6 Å². The van der Waals surface area contributed by atoms with Gasteiger partial charge in [-0.05, 0) is 17.0 Å². The second-order valence-corrected chi connectivity index (χ2v) is 5.61. The summed E-state index contributed by atoms with van der Waals surface area (Å²) in [6.07, 6.45) is -0.824. The van der Waals surface area contributed by atoms with Crippen LogP contribution in [0.15, 0.2) is 52.3 Å². The summed E-state index contributed by atoms with van der Waals surface area (Å²) in [6, 6.07) is 12.6. The van der Waals surface area contributed by atoms with Gasteiger partial charge in [-0.3, -0.25) is 5.32 Å². The number of carbonyl (C=O) groups excluding carboxylic acids is 1. The molecule has 0 aliphatic carbocycles. The van der Waals surface area contributed by atoms with Gasteiger partial charge in [-0.25, -0.2) is 9.59 Å². The minimum atomic E-state index is -1.31. The number of nitrogens with one attached hydrogen (secondary N) is 1. The number of carbonyl (C=O) groups is 2. The zero-order chi connectivity index (χ0) is 16.9. The number of rotatable bonds is 5. The van der Waals surface area contributed by atoms with E-state index in [4.69, 9.17) is 9.15 Å². The van der Waals surface area contributed by atoms with Gasteiger partial charge < -0.3 is 14.3 Å². The number of anilines is 1. The average Bonchev–Trinajstić information content (AvgIpc) is 3.23. The first kappa shape index (κ1) is 15.8. The number of aromatic nitrogens is 1. The fourth-order valence-corrected chi connectivity index (χ4v) is 2.56. The number of thiophene rings is 1. The van der Waals surface area contributed by atoms with Crippen LogP contribution in [0.4, 0.5) is 10.7 Å². The van der Waals surface area contributed by atoms with E-state index >= 15 is 0 Å². The minimum Gasteiger partial charge on any atom is -0.476 e. The third-order valence-electron chi connectivity index (χ3n) is 2.99. The van der Waals surface area contributed by atoms with Crippen molar-refractivity contribution in [3.8, 4) is 10.8 Å². The van der Waals surface area contributed by atoms with Crippen LogP contribution in [0.25, 0.3) is 10.8 Å². The minimum absolute atomic E-state index is 0.0565. The largest absolute Gasteiger partial charge is 0.476 e. The van der Waals surface area contributed by atoms with Crippen LogP contribution in [0.2, 0.25) is 0 Å². The van der Waals surface area contributed by atoms with E-state index in [9.17, 15) is 14.7 Å². The SMILES string of the molecule is O=C(Nc1oc(-c2cccs2)nc1C(=O)O)OCc1ccccc1. The first-order chi connectivity index (χ1) is 11.6. The molecule has 7 nitrogen and oxygen atoms in total. The molecule has 0 spiro atoms. The molecule has 0 saturated heterocycles. The Morgan fingerprint density at radius 2 is 2.00 bits per heavy atom. The lowest BCUT2D eigenvalue weighted by atomic mass is 10.2. The molecule has 2 aromatic heterocycles. The normalized spacial score (nSPS) is 10.3. The summed E-state index contributed by atoms with van der Waals surface area (Å²) in [5.41, 5.74) is 0.429. The summed E-state index contributed by atoms with van der Waals surface area (Å²) in [5, 5.41) is 13.3. The summed E-state index contributed by atoms with van der Waals surface area (Å²) < 4.78 is 10.4. The summed E-state index contributed by atoms with van der Waals surface area (Å²) in [5.74, 6) is -1.44. The highest BCUT2D eigenvalue weighted by molar-refractivity contribution is 7.13. The van der Waals surface area contributed by atoms with Crippen molar-refractivity contribution in [2.75, 3.05) is 5.32 Å². The van der Waals surface area contributed by atoms with Gasteiger partial charge in [0, 0.05) is 0 Å². The van der Waals surface area contributed by atoms with Gasteiger partial charge in [-0.2, -0.15) is 4.98 Å². The van der Waals surface area contributed by atoms with E-state index in [1.807, 2.05) is 18.2 Å². The first-order valence-electron chi connectivity index (χ1n) is 6.89. The molecular weight excluding hydrogens is 332 g/mol. The molecule has 1 aromatic carbocycles. The topological polar surface area (TPSA) is 102 Å². The molecule has 3 aromatic rings. The van der Waals surface area contributed by atoms with E-state index in [2.05, 4.69) is 10.3 Å². The van der Waals surface area contributed by atoms with Crippen LogP contribution < -0.4 is 5.32 Å². The molecule has 0 bridgehead atoms. The van der Waals surface area contributed by atoms with Crippen LogP contribution in [0.1, 0.15) is 16.1 Å². The highest BCUT2D eigenvalue weighted by Crippen LogP contribution is 2.29. The second-order valence-electron chi connectivity index (χ2n) is 4.67. The lowest BCUT2D eigenvalue weighted by Gasteiger charge is -2.05. The van der Waals surface area contributed by atoms with Gasteiger partial charge in [0.05, 0.1) is 4.88 Å².